The number of amides is 1. The van der Waals surface area contributed by atoms with Gasteiger partial charge in [0.25, 0.3) is 5.91 Å². The van der Waals surface area contributed by atoms with Crippen LogP contribution in [0.4, 0.5) is 0 Å². The Morgan fingerprint density at radius 3 is 2.71 bits per heavy atom. The molecule has 0 aliphatic heterocycles. The van der Waals surface area contributed by atoms with Gasteiger partial charge in [-0.1, -0.05) is 23.7 Å². The van der Waals surface area contributed by atoms with Crippen LogP contribution in [0, 0.1) is 6.92 Å². The molecule has 5 heteroatoms. The predicted molar refractivity (Wildman–Crippen MR) is 65.7 cm³/mol. The lowest BCUT2D eigenvalue weighted by atomic mass is 10.1. The molecule has 0 fully saturated rings. The second-order valence-corrected chi connectivity index (χ2v) is 4.00. The van der Waals surface area contributed by atoms with E-state index < -0.39 is 5.91 Å². The van der Waals surface area contributed by atoms with Gasteiger partial charge in [0.15, 0.2) is 0 Å². The zero-order valence-corrected chi connectivity index (χ0v) is 9.90. The minimum Gasteiger partial charge on any atom is -0.364 e. The zero-order chi connectivity index (χ0) is 12.4. The highest BCUT2D eigenvalue weighted by molar-refractivity contribution is 6.30. The van der Waals surface area contributed by atoms with Crippen LogP contribution in [0.15, 0.2) is 30.3 Å². The first-order valence-corrected chi connectivity index (χ1v) is 5.35. The molecule has 0 bridgehead atoms. The third kappa shape index (κ3) is 2.60. The number of carbonyl (C=O) groups excluding carboxylic acids is 1. The number of carbonyl (C=O) groups is 1. The molecule has 86 valence electrons. The molecule has 0 aliphatic carbocycles. The maximum Gasteiger partial charge on any atom is 0.267 e. The SMILES string of the molecule is Cc1nc(C(N)=O)cc(-c2cccc(Cl)c2)n1. The summed E-state index contributed by atoms with van der Waals surface area (Å²) in [6.45, 7) is 1.71. The number of halogens is 1. The van der Waals surface area contributed by atoms with Crippen LogP contribution < -0.4 is 5.73 Å². The van der Waals surface area contributed by atoms with Gasteiger partial charge in [0.1, 0.15) is 11.5 Å². The van der Waals surface area contributed by atoms with E-state index in [1.807, 2.05) is 12.1 Å². The first kappa shape index (κ1) is 11.5. The average Bonchev–Trinajstić information content (AvgIpc) is 2.28. The van der Waals surface area contributed by atoms with Crippen LogP contribution in [0.3, 0.4) is 0 Å². The number of nitrogens with two attached hydrogens (primary N) is 1. The lowest BCUT2D eigenvalue weighted by Gasteiger charge is -2.04. The van der Waals surface area contributed by atoms with Crippen molar-refractivity contribution in [3.05, 3.63) is 46.9 Å². The van der Waals surface area contributed by atoms with Crippen molar-refractivity contribution in [1.82, 2.24) is 9.97 Å². The Labute approximate surface area is 103 Å². The monoisotopic (exact) mass is 247 g/mol. The molecule has 0 aliphatic rings. The molecule has 2 rings (SSSR count). The standard InChI is InChI=1S/C12H10ClN3O/c1-7-15-10(6-11(16-7)12(14)17)8-3-2-4-9(13)5-8/h2-6H,1H3,(H2,14,17). The first-order chi connectivity index (χ1) is 8.06. The fourth-order valence-electron chi connectivity index (χ4n) is 1.49. The maximum absolute atomic E-state index is 11.1. The lowest BCUT2D eigenvalue weighted by Crippen LogP contribution is -2.14. The fourth-order valence-corrected chi connectivity index (χ4v) is 1.68. The van der Waals surface area contributed by atoms with Crippen LogP contribution in [0.2, 0.25) is 5.02 Å². The van der Waals surface area contributed by atoms with Crippen LogP contribution >= 0.6 is 11.6 Å². The lowest BCUT2D eigenvalue weighted by molar-refractivity contribution is 0.0995. The molecule has 17 heavy (non-hydrogen) atoms. The molecule has 1 aromatic heterocycles. The molecule has 1 amide bonds. The highest BCUT2D eigenvalue weighted by atomic mass is 35.5. The highest BCUT2D eigenvalue weighted by Crippen LogP contribution is 2.21. The van der Waals surface area contributed by atoms with E-state index in [-0.39, 0.29) is 5.69 Å². The van der Waals surface area contributed by atoms with Crippen LogP contribution in [0.5, 0.6) is 0 Å². The molecule has 0 spiro atoms. The number of aromatic nitrogens is 2. The Balaban J connectivity index is 2.56. The Morgan fingerprint density at radius 2 is 2.06 bits per heavy atom. The number of primary amides is 1. The summed E-state index contributed by atoms with van der Waals surface area (Å²) in [5.41, 5.74) is 6.86. The van der Waals surface area contributed by atoms with Crippen LogP contribution in [-0.4, -0.2) is 15.9 Å². The van der Waals surface area contributed by atoms with E-state index in [1.165, 1.54) is 0 Å². The molecule has 0 atom stereocenters. The summed E-state index contributed by atoms with van der Waals surface area (Å²) in [7, 11) is 0. The average molecular weight is 248 g/mol. The van der Waals surface area contributed by atoms with Gasteiger partial charge in [-0.3, -0.25) is 4.79 Å². The Bertz CT molecular complexity index is 584. The summed E-state index contributed by atoms with van der Waals surface area (Å²) < 4.78 is 0. The van der Waals surface area contributed by atoms with Crippen molar-refractivity contribution in [3.8, 4) is 11.3 Å². The largest absolute Gasteiger partial charge is 0.364 e. The molecule has 0 radical (unpaired) electrons. The van der Waals surface area contributed by atoms with Crippen LogP contribution in [0.25, 0.3) is 11.3 Å². The van der Waals surface area contributed by atoms with Gasteiger partial charge in [-0.25, -0.2) is 9.97 Å². The van der Waals surface area contributed by atoms with Crippen molar-refractivity contribution < 1.29 is 4.79 Å². The maximum atomic E-state index is 11.1. The van der Waals surface area contributed by atoms with Gasteiger partial charge in [-0.05, 0) is 25.1 Å². The van der Waals surface area contributed by atoms with E-state index in [0.717, 1.165) is 5.56 Å². The van der Waals surface area contributed by atoms with Crippen LogP contribution in [-0.2, 0) is 0 Å². The van der Waals surface area contributed by atoms with Gasteiger partial charge >= 0.3 is 0 Å². The molecule has 1 heterocycles. The number of hydrogen-bond acceptors (Lipinski definition) is 3. The number of aryl methyl sites for hydroxylation is 1. The molecule has 2 aromatic rings. The van der Waals surface area contributed by atoms with E-state index in [1.54, 1.807) is 25.1 Å². The Morgan fingerprint density at radius 1 is 1.29 bits per heavy atom. The quantitative estimate of drug-likeness (QED) is 0.885. The Kier molecular flexibility index (Phi) is 3.06. The predicted octanol–water partition coefficient (Wildman–Crippen LogP) is 2.20. The highest BCUT2D eigenvalue weighted by Gasteiger charge is 2.08. The van der Waals surface area contributed by atoms with Crippen molar-refractivity contribution in [3.63, 3.8) is 0 Å². The smallest absolute Gasteiger partial charge is 0.267 e. The van der Waals surface area contributed by atoms with Gasteiger partial charge in [0, 0.05) is 10.6 Å². The Hall–Kier alpha value is -1.94. The van der Waals surface area contributed by atoms with E-state index in [0.29, 0.717) is 16.5 Å². The topological polar surface area (TPSA) is 68.9 Å². The van der Waals surface area contributed by atoms with Gasteiger partial charge in [0.2, 0.25) is 0 Å². The van der Waals surface area contributed by atoms with Gasteiger partial charge < -0.3 is 5.73 Å². The van der Waals surface area contributed by atoms with Crippen LogP contribution in [0.1, 0.15) is 16.3 Å². The summed E-state index contributed by atoms with van der Waals surface area (Å²) >= 11 is 5.90. The number of benzene rings is 1. The summed E-state index contributed by atoms with van der Waals surface area (Å²) in [4.78, 5) is 19.3. The number of rotatable bonds is 2. The third-order valence-electron chi connectivity index (χ3n) is 2.21. The molecular weight excluding hydrogens is 238 g/mol. The minimum absolute atomic E-state index is 0.201. The molecular formula is C12H10ClN3O. The summed E-state index contributed by atoms with van der Waals surface area (Å²) in [6.07, 6.45) is 0. The van der Waals surface area contributed by atoms with E-state index in [9.17, 15) is 4.79 Å². The second kappa shape index (κ2) is 4.51. The molecule has 0 saturated heterocycles. The molecule has 4 nitrogen and oxygen atoms in total. The zero-order valence-electron chi connectivity index (χ0n) is 9.14. The van der Waals surface area contributed by atoms with E-state index in [4.69, 9.17) is 17.3 Å². The normalized spacial score (nSPS) is 10.2. The minimum atomic E-state index is -0.571. The third-order valence-corrected chi connectivity index (χ3v) is 2.45. The van der Waals surface area contributed by atoms with Gasteiger partial charge in [-0.2, -0.15) is 0 Å². The first-order valence-electron chi connectivity index (χ1n) is 4.97. The van der Waals surface area contributed by atoms with Crippen molar-refractivity contribution >= 4 is 17.5 Å². The van der Waals surface area contributed by atoms with Crippen molar-refractivity contribution in [1.29, 1.82) is 0 Å². The summed E-state index contributed by atoms with van der Waals surface area (Å²) in [5, 5.41) is 0.611. The molecule has 2 N–H and O–H groups in total. The van der Waals surface area contributed by atoms with E-state index >= 15 is 0 Å². The van der Waals surface area contributed by atoms with Gasteiger partial charge in [0.05, 0.1) is 5.69 Å². The number of nitrogens with zero attached hydrogens (tertiary/aromatic N) is 2. The molecule has 1 aromatic carbocycles. The van der Waals surface area contributed by atoms with Crippen molar-refractivity contribution in [2.45, 2.75) is 6.92 Å². The second-order valence-electron chi connectivity index (χ2n) is 3.56. The van der Waals surface area contributed by atoms with Crippen molar-refractivity contribution in [2.75, 3.05) is 0 Å². The fraction of sp³-hybridized carbons (Fsp3) is 0.0833. The van der Waals surface area contributed by atoms with E-state index in [2.05, 4.69) is 9.97 Å². The van der Waals surface area contributed by atoms with Gasteiger partial charge in [-0.15, -0.1) is 0 Å². The summed E-state index contributed by atoms with van der Waals surface area (Å²) in [6, 6.07) is 8.78. The molecule has 0 saturated carbocycles. The molecule has 0 unspecified atom stereocenters. The number of hydrogen-bond donors (Lipinski definition) is 1. The van der Waals surface area contributed by atoms with Crippen molar-refractivity contribution in [2.24, 2.45) is 5.73 Å². The summed E-state index contributed by atoms with van der Waals surface area (Å²) in [5.74, 6) is -0.0740.